The lowest BCUT2D eigenvalue weighted by atomic mass is 9.43. The third-order valence-electron chi connectivity index (χ3n) is 10.9. The van der Waals surface area contributed by atoms with Crippen LogP contribution in [0.2, 0.25) is 13.1 Å². The lowest BCUT2D eigenvalue weighted by molar-refractivity contribution is 1.20. The molecule has 0 aliphatic carbocycles. The largest absolute Gasteiger partial charge is 0.377 e. The monoisotopic (exact) mass is 574 g/mol. The zero-order valence-electron chi connectivity index (χ0n) is 24.6. The summed E-state index contributed by atoms with van der Waals surface area (Å²) in [7, 11) is -1.94. The quantitative estimate of drug-likeness (QED) is 0.171. The summed E-state index contributed by atoms with van der Waals surface area (Å²) in [6.45, 7) is 5.15. The van der Waals surface area contributed by atoms with E-state index >= 15 is 0 Å². The molecule has 44 heavy (non-hydrogen) atoms. The molecule has 4 heteroatoms. The minimum Gasteiger partial charge on any atom is -0.377 e. The van der Waals surface area contributed by atoms with Crippen molar-refractivity contribution < 1.29 is 0 Å². The second-order valence-corrected chi connectivity index (χ2v) is 17.6. The van der Waals surface area contributed by atoms with Gasteiger partial charge in [-0.1, -0.05) is 116 Å². The van der Waals surface area contributed by atoms with Gasteiger partial charge >= 0.3 is 6.85 Å². The Morgan fingerprint density at radius 3 is 2.14 bits per heavy atom. The number of fused-ring (bicyclic) bond motifs is 12. The fourth-order valence-corrected chi connectivity index (χ4v) is 12.0. The molecule has 8 aromatic rings. The average Bonchev–Trinajstić information content (AvgIpc) is 3.38. The van der Waals surface area contributed by atoms with E-state index in [-0.39, 0.29) is 6.85 Å². The van der Waals surface area contributed by atoms with Crippen LogP contribution in [-0.2, 0) is 0 Å². The van der Waals surface area contributed by atoms with Gasteiger partial charge in [-0.05, 0) is 67.3 Å². The minimum atomic E-state index is -1.94. The van der Waals surface area contributed by atoms with Gasteiger partial charge in [0, 0.05) is 33.1 Å². The third-order valence-corrected chi connectivity index (χ3v) is 14.4. The van der Waals surface area contributed by atoms with Crippen molar-refractivity contribution in [2.24, 2.45) is 0 Å². The van der Waals surface area contributed by atoms with E-state index in [4.69, 9.17) is 0 Å². The van der Waals surface area contributed by atoms with Crippen LogP contribution in [-0.4, -0.2) is 19.5 Å². The van der Waals surface area contributed by atoms with Crippen molar-refractivity contribution in [2.45, 2.75) is 13.1 Å². The van der Waals surface area contributed by atoms with Gasteiger partial charge in [-0.25, -0.2) is 0 Å². The van der Waals surface area contributed by atoms with E-state index in [9.17, 15) is 0 Å². The molecule has 0 bridgehead atoms. The van der Waals surface area contributed by atoms with E-state index in [0.29, 0.717) is 0 Å². The molecule has 0 saturated carbocycles. The lowest BCUT2D eigenvalue weighted by Gasteiger charge is -2.49. The first kappa shape index (κ1) is 23.4. The van der Waals surface area contributed by atoms with Gasteiger partial charge < -0.3 is 9.38 Å². The lowest BCUT2D eigenvalue weighted by Crippen LogP contribution is -2.68. The second kappa shape index (κ2) is 7.71. The third kappa shape index (κ3) is 2.58. The van der Waals surface area contributed by atoms with Gasteiger partial charge in [-0.15, -0.1) is 0 Å². The summed E-state index contributed by atoms with van der Waals surface area (Å²) in [5.74, 6) is 0. The Hall–Kier alpha value is -5.06. The van der Waals surface area contributed by atoms with Crippen LogP contribution in [0.5, 0.6) is 0 Å². The standard InChI is InChI=1S/C40H27BN2Si/c1-44(2)35-19-8-7-18-33(35)43-39-29(16-10-20-36(39)44)31-22-26-13-5-6-14-27(26)40-37(31)41(43)32-17-9-15-28-30-21-24-11-3-4-12-25(24)23-34(30)42(40)38(28)32/h3-23H,1-2H3. The number of para-hydroxylation sites is 3. The maximum Gasteiger partial charge on any atom is 0.333 e. The van der Waals surface area contributed by atoms with Crippen molar-refractivity contribution in [3.05, 3.63) is 127 Å². The average molecular weight is 575 g/mol. The maximum atomic E-state index is 2.73. The topological polar surface area (TPSA) is 8.17 Å². The molecule has 3 aliphatic heterocycles. The highest BCUT2D eigenvalue weighted by atomic mass is 28.3. The Labute approximate surface area is 256 Å². The van der Waals surface area contributed by atoms with Crippen LogP contribution in [0.1, 0.15) is 0 Å². The molecule has 7 aromatic carbocycles. The molecular weight excluding hydrogens is 547 g/mol. The summed E-state index contributed by atoms with van der Waals surface area (Å²) >= 11 is 0. The van der Waals surface area contributed by atoms with Crippen molar-refractivity contribution in [1.29, 1.82) is 0 Å². The van der Waals surface area contributed by atoms with Crippen LogP contribution in [0.15, 0.2) is 127 Å². The van der Waals surface area contributed by atoms with Gasteiger partial charge in [0.2, 0.25) is 0 Å². The molecule has 0 fully saturated rings. The molecule has 0 N–H and O–H groups in total. The van der Waals surface area contributed by atoms with Crippen molar-refractivity contribution in [3.8, 4) is 16.8 Å². The molecule has 0 saturated heterocycles. The van der Waals surface area contributed by atoms with E-state index in [2.05, 4.69) is 150 Å². The molecule has 4 heterocycles. The normalized spacial score (nSPS) is 15.1. The zero-order chi connectivity index (χ0) is 28.9. The Morgan fingerprint density at radius 2 is 1.25 bits per heavy atom. The molecule has 11 rings (SSSR count). The molecule has 2 nitrogen and oxygen atoms in total. The Balaban J connectivity index is 1.41. The van der Waals surface area contributed by atoms with E-state index in [1.165, 1.54) is 87.7 Å². The highest BCUT2D eigenvalue weighted by Crippen LogP contribution is 2.47. The summed E-state index contributed by atoms with van der Waals surface area (Å²) in [4.78, 5) is 2.73. The number of aromatic nitrogens is 1. The van der Waals surface area contributed by atoms with Crippen LogP contribution < -0.4 is 26.1 Å². The Kier molecular flexibility index (Phi) is 4.10. The van der Waals surface area contributed by atoms with Gasteiger partial charge in [0.25, 0.3) is 0 Å². The molecule has 0 spiro atoms. The van der Waals surface area contributed by atoms with E-state index in [0.717, 1.165) is 0 Å². The summed E-state index contributed by atoms with van der Waals surface area (Å²) < 4.78 is 2.62. The first-order valence-corrected chi connectivity index (χ1v) is 18.7. The second-order valence-electron chi connectivity index (χ2n) is 13.3. The van der Waals surface area contributed by atoms with E-state index in [1.807, 2.05) is 0 Å². The fraction of sp³-hybridized carbons (Fsp3) is 0.0500. The molecule has 3 aliphatic rings. The van der Waals surface area contributed by atoms with Crippen LogP contribution in [0.4, 0.5) is 11.4 Å². The van der Waals surface area contributed by atoms with Crippen molar-refractivity contribution in [1.82, 2.24) is 4.57 Å². The summed E-state index contributed by atoms with van der Waals surface area (Å²) in [5.41, 5.74) is 12.3. The molecule has 204 valence electrons. The molecule has 0 radical (unpaired) electrons. The van der Waals surface area contributed by atoms with Gasteiger partial charge in [-0.2, -0.15) is 0 Å². The van der Waals surface area contributed by atoms with E-state index in [1.54, 1.807) is 5.19 Å². The molecule has 1 aromatic heterocycles. The highest BCUT2D eigenvalue weighted by molar-refractivity contribution is 7.05. The summed E-state index contributed by atoms with van der Waals surface area (Å²) in [6.07, 6.45) is 0. The fourth-order valence-electron chi connectivity index (χ4n) is 9.01. The number of nitrogens with zero attached hydrogens (tertiary/aromatic N) is 2. The zero-order valence-corrected chi connectivity index (χ0v) is 25.6. The first-order chi connectivity index (χ1) is 21.6. The predicted octanol–water partition coefficient (Wildman–Crippen LogP) is 7.46. The number of rotatable bonds is 0. The van der Waals surface area contributed by atoms with Gasteiger partial charge in [-0.3, -0.25) is 0 Å². The van der Waals surface area contributed by atoms with E-state index < -0.39 is 8.07 Å². The molecule has 0 atom stereocenters. The molecular formula is C40H27BN2Si. The Bertz CT molecular complexity index is 2610. The smallest absolute Gasteiger partial charge is 0.333 e. The summed E-state index contributed by atoms with van der Waals surface area (Å²) in [6, 6.07) is 48.5. The Morgan fingerprint density at radius 1 is 0.545 bits per heavy atom. The summed E-state index contributed by atoms with van der Waals surface area (Å²) in [5, 5.41) is 10.9. The number of benzene rings is 7. The van der Waals surface area contributed by atoms with Gasteiger partial charge in [0.15, 0.2) is 0 Å². The number of hydrogen-bond donors (Lipinski definition) is 0. The van der Waals surface area contributed by atoms with Crippen molar-refractivity contribution >= 4 is 90.9 Å². The van der Waals surface area contributed by atoms with Crippen LogP contribution >= 0.6 is 0 Å². The van der Waals surface area contributed by atoms with Gasteiger partial charge in [0.1, 0.15) is 8.07 Å². The van der Waals surface area contributed by atoms with Gasteiger partial charge in [0.05, 0.1) is 16.7 Å². The van der Waals surface area contributed by atoms with Crippen LogP contribution in [0, 0.1) is 0 Å². The minimum absolute atomic E-state index is 0.0828. The van der Waals surface area contributed by atoms with Crippen molar-refractivity contribution in [2.75, 3.05) is 4.81 Å². The number of anilines is 2. The van der Waals surface area contributed by atoms with Crippen LogP contribution in [0.3, 0.4) is 0 Å². The molecule has 0 unspecified atom stereocenters. The predicted molar refractivity (Wildman–Crippen MR) is 192 cm³/mol. The maximum absolute atomic E-state index is 2.73. The van der Waals surface area contributed by atoms with Crippen LogP contribution in [0.25, 0.3) is 60.2 Å². The van der Waals surface area contributed by atoms with Crippen molar-refractivity contribution in [3.63, 3.8) is 0 Å². The highest BCUT2D eigenvalue weighted by Gasteiger charge is 2.49. The molecule has 0 amide bonds. The SMILES string of the molecule is C[Si]1(C)c2ccccc2N2B3c4c(cc5ccccc5c4-n4c5cc6ccccc6cc5c5cccc3c54)-c3cccc1c32. The number of hydrogen-bond acceptors (Lipinski definition) is 1. The first-order valence-electron chi connectivity index (χ1n) is 15.7.